The van der Waals surface area contributed by atoms with Crippen molar-refractivity contribution in [1.29, 1.82) is 0 Å². The van der Waals surface area contributed by atoms with Crippen LogP contribution in [0.25, 0.3) is 0 Å². The van der Waals surface area contributed by atoms with Gasteiger partial charge in [-0.25, -0.2) is 0 Å². The number of halogens is 1. The minimum absolute atomic E-state index is 0.376. The summed E-state index contributed by atoms with van der Waals surface area (Å²) in [6.45, 7) is 0. The number of nitrogens with one attached hydrogen (secondary N) is 1. The van der Waals surface area contributed by atoms with Crippen LogP contribution in [0.5, 0.6) is 0 Å². The van der Waals surface area contributed by atoms with Crippen molar-refractivity contribution in [3.05, 3.63) is 58.1 Å². The summed E-state index contributed by atoms with van der Waals surface area (Å²) in [5, 5.41) is 14.1. The molecule has 2 aliphatic heterocycles. The summed E-state index contributed by atoms with van der Waals surface area (Å²) in [6.07, 6.45) is 0. The predicted octanol–water partition coefficient (Wildman–Crippen LogP) is 2.35. The molecular weight excluding hydrogens is 360 g/mol. The number of rotatable bonds is 1. The highest BCUT2D eigenvalue weighted by molar-refractivity contribution is 9.10. The van der Waals surface area contributed by atoms with Crippen LogP contribution < -0.4 is 10.2 Å². The second-order valence-electron chi connectivity index (χ2n) is 5.80. The molecule has 5 nitrogen and oxygen atoms in total. The van der Waals surface area contributed by atoms with E-state index in [1.54, 1.807) is 43.4 Å². The molecule has 4 rings (SSSR count). The van der Waals surface area contributed by atoms with Crippen LogP contribution in [0.4, 0.5) is 11.4 Å². The highest BCUT2D eigenvalue weighted by Crippen LogP contribution is 2.51. The number of likely N-dealkylation sites (N-methyl/N-ethyl adjacent to an activating group) is 1. The monoisotopic (exact) mass is 372 g/mol. The fourth-order valence-electron chi connectivity index (χ4n) is 3.49. The maximum Gasteiger partial charge on any atom is 0.264 e. The second kappa shape index (κ2) is 4.66. The van der Waals surface area contributed by atoms with E-state index in [2.05, 4.69) is 21.2 Å². The zero-order valence-electron chi connectivity index (χ0n) is 12.2. The van der Waals surface area contributed by atoms with E-state index in [9.17, 15) is 14.7 Å². The number of nitrogens with zero attached hydrogens (tertiary/aromatic N) is 1. The number of fused-ring (bicyclic) bond motifs is 2. The first-order valence-electron chi connectivity index (χ1n) is 7.15. The first-order valence-corrected chi connectivity index (χ1v) is 7.94. The number of hydrogen-bond donors (Lipinski definition) is 2. The summed E-state index contributed by atoms with van der Waals surface area (Å²) in [7, 11) is 1.60. The van der Waals surface area contributed by atoms with E-state index in [1.807, 2.05) is 6.07 Å². The van der Waals surface area contributed by atoms with Crippen molar-refractivity contribution in [3.8, 4) is 0 Å². The average molecular weight is 373 g/mol. The van der Waals surface area contributed by atoms with Gasteiger partial charge in [0.05, 0.1) is 5.69 Å². The minimum Gasteiger partial charge on any atom is -0.374 e. The third-order valence-electron chi connectivity index (χ3n) is 4.57. The molecule has 2 N–H and O–H groups in total. The van der Waals surface area contributed by atoms with Gasteiger partial charge in [0.25, 0.3) is 5.91 Å². The quantitative estimate of drug-likeness (QED) is 0.807. The van der Waals surface area contributed by atoms with Crippen molar-refractivity contribution in [1.82, 2.24) is 0 Å². The van der Waals surface area contributed by atoms with Crippen molar-refractivity contribution >= 4 is 39.1 Å². The molecule has 2 unspecified atom stereocenters. The number of aliphatic hydroxyl groups is 1. The summed E-state index contributed by atoms with van der Waals surface area (Å²) in [5.41, 5.74) is 0.417. The third kappa shape index (κ3) is 1.76. The molecule has 2 amide bonds. The van der Waals surface area contributed by atoms with Gasteiger partial charge < -0.3 is 15.3 Å². The van der Waals surface area contributed by atoms with E-state index in [0.717, 1.165) is 4.47 Å². The molecule has 0 fully saturated rings. The lowest BCUT2D eigenvalue weighted by Crippen LogP contribution is -2.45. The normalized spacial score (nSPS) is 25.3. The Balaban J connectivity index is 1.96. The molecule has 0 aliphatic carbocycles. The van der Waals surface area contributed by atoms with Crippen LogP contribution >= 0.6 is 15.9 Å². The summed E-state index contributed by atoms with van der Waals surface area (Å²) < 4.78 is 0.786. The smallest absolute Gasteiger partial charge is 0.264 e. The zero-order chi connectivity index (χ0) is 16.4. The zero-order valence-corrected chi connectivity index (χ0v) is 13.8. The number of amides is 2. The Labute approximate surface area is 141 Å². The lowest BCUT2D eigenvalue weighted by Gasteiger charge is -2.27. The maximum atomic E-state index is 12.8. The molecule has 0 saturated carbocycles. The van der Waals surface area contributed by atoms with Crippen LogP contribution in [0.1, 0.15) is 17.0 Å². The molecule has 2 aliphatic rings. The molecule has 2 aromatic carbocycles. The Morgan fingerprint density at radius 3 is 2.74 bits per heavy atom. The van der Waals surface area contributed by atoms with Crippen LogP contribution in [0, 0.1) is 0 Å². The van der Waals surface area contributed by atoms with Crippen molar-refractivity contribution in [2.75, 3.05) is 17.3 Å². The van der Waals surface area contributed by atoms with Gasteiger partial charge in [-0.2, -0.15) is 0 Å². The van der Waals surface area contributed by atoms with Gasteiger partial charge >= 0.3 is 0 Å². The molecule has 0 radical (unpaired) electrons. The molecule has 2 aromatic rings. The van der Waals surface area contributed by atoms with E-state index in [-0.39, 0.29) is 5.91 Å². The first-order chi connectivity index (χ1) is 10.9. The molecule has 23 heavy (non-hydrogen) atoms. The lowest BCUT2D eigenvalue weighted by atomic mass is 9.78. The molecule has 6 heteroatoms. The van der Waals surface area contributed by atoms with Gasteiger partial charge in [-0.05, 0) is 29.8 Å². The van der Waals surface area contributed by atoms with Crippen molar-refractivity contribution in [2.24, 2.45) is 0 Å². The van der Waals surface area contributed by atoms with Gasteiger partial charge in [-0.15, -0.1) is 0 Å². The van der Waals surface area contributed by atoms with Crippen LogP contribution in [0.2, 0.25) is 0 Å². The molecule has 0 saturated heterocycles. The van der Waals surface area contributed by atoms with Crippen molar-refractivity contribution in [3.63, 3.8) is 0 Å². The Morgan fingerprint density at radius 1 is 1.22 bits per heavy atom. The van der Waals surface area contributed by atoms with Gasteiger partial charge in [0.2, 0.25) is 5.91 Å². The standard InChI is InChI=1S/C17H13BrN2O3/c1-20-13-5-3-2-4-11(13)17(23,16(20)22)14-10-8-9(18)6-7-12(10)19-15(14)21/h2-8,14,23H,1H3,(H,19,21). The van der Waals surface area contributed by atoms with E-state index >= 15 is 0 Å². The molecule has 2 atom stereocenters. The van der Waals surface area contributed by atoms with Gasteiger partial charge in [0.1, 0.15) is 5.92 Å². The maximum absolute atomic E-state index is 12.8. The Bertz CT molecular complexity index is 867. The number of anilines is 2. The van der Waals surface area contributed by atoms with E-state index < -0.39 is 17.4 Å². The predicted molar refractivity (Wildman–Crippen MR) is 89.3 cm³/mol. The fraction of sp³-hybridized carbons (Fsp3) is 0.176. The van der Waals surface area contributed by atoms with Crippen LogP contribution in [0.3, 0.4) is 0 Å². The van der Waals surface area contributed by atoms with Gasteiger partial charge in [0, 0.05) is 22.8 Å². The molecule has 0 bridgehead atoms. The molecule has 0 spiro atoms. The summed E-state index contributed by atoms with van der Waals surface area (Å²) in [5.74, 6) is -1.85. The summed E-state index contributed by atoms with van der Waals surface area (Å²) in [4.78, 5) is 26.7. The van der Waals surface area contributed by atoms with Crippen LogP contribution in [0.15, 0.2) is 46.9 Å². The number of benzene rings is 2. The molecule has 116 valence electrons. The summed E-state index contributed by atoms with van der Waals surface area (Å²) >= 11 is 3.38. The average Bonchev–Trinajstić information content (AvgIpc) is 2.96. The van der Waals surface area contributed by atoms with Crippen molar-refractivity contribution < 1.29 is 14.7 Å². The number of carbonyl (C=O) groups excluding carboxylic acids is 2. The topological polar surface area (TPSA) is 69.6 Å². The van der Waals surface area contributed by atoms with Crippen molar-refractivity contribution in [2.45, 2.75) is 11.5 Å². The fourth-order valence-corrected chi connectivity index (χ4v) is 3.87. The SMILES string of the molecule is CN1C(=O)C(O)(C2C(=O)Nc3ccc(Br)cc32)c2ccccc21. The first kappa shape index (κ1) is 14.4. The van der Waals surface area contributed by atoms with Gasteiger partial charge in [-0.3, -0.25) is 9.59 Å². The molecular formula is C17H13BrN2O3. The van der Waals surface area contributed by atoms with Crippen LogP contribution in [-0.4, -0.2) is 24.0 Å². The minimum atomic E-state index is -1.90. The lowest BCUT2D eigenvalue weighted by molar-refractivity contribution is -0.143. The second-order valence-corrected chi connectivity index (χ2v) is 6.72. The van der Waals surface area contributed by atoms with Gasteiger partial charge in [-0.1, -0.05) is 34.1 Å². The molecule has 2 heterocycles. The number of carbonyl (C=O) groups is 2. The van der Waals surface area contributed by atoms with Gasteiger partial charge in [0.15, 0.2) is 5.60 Å². The summed E-state index contributed by atoms with van der Waals surface area (Å²) in [6, 6.07) is 12.3. The van der Waals surface area contributed by atoms with E-state index in [4.69, 9.17) is 0 Å². The largest absolute Gasteiger partial charge is 0.374 e. The Kier molecular flexibility index (Phi) is 2.92. The Hall–Kier alpha value is -2.18. The van der Waals surface area contributed by atoms with Crippen LogP contribution in [-0.2, 0) is 15.2 Å². The van der Waals surface area contributed by atoms with E-state index in [0.29, 0.717) is 22.5 Å². The Morgan fingerprint density at radius 2 is 1.96 bits per heavy atom. The highest BCUT2D eigenvalue weighted by Gasteiger charge is 2.58. The number of para-hydroxylation sites is 1. The highest BCUT2D eigenvalue weighted by atomic mass is 79.9. The number of hydrogen-bond acceptors (Lipinski definition) is 3. The van der Waals surface area contributed by atoms with E-state index in [1.165, 1.54) is 4.90 Å². The third-order valence-corrected chi connectivity index (χ3v) is 5.06. The molecule has 0 aromatic heterocycles.